The molecule has 3 aromatic rings. The zero-order valence-electron chi connectivity index (χ0n) is 13.3. The lowest BCUT2D eigenvalue weighted by Gasteiger charge is -2.12. The molecule has 24 heavy (non-hydrogen) atoms. The van der Waals surface area contributed by atoms with E-state index in [9.17, 15) is 9.59 Å². The summed E-state index contributed by atoms with van der Waals surface area (Å²) in [5.41, 5.74) is 2.47. The predicted octanol–water partition coefficient (Wildman–Crippen LogP) is 4.10. The van der Waals surface area contributed by atoms with Crippen LogP contribution in [0.5, 0.6) is 0 Å². The van der Waals surface area contributed by atoms with Gasteiger partial charge in [-0.3, -0.25) is 9.59 Å². The number of benzene rings is 2. The van der Waals surface area contributed by atoms with E-state index in [2.05, 4.69) is 21.2 Å². The summed E-state index contributed by atoms with van der Waals surface area (Å²) in [5.74, 6) is -0.117. The summed E-state index contributed by atoms with van der Waals surface area (Å²) in [6.45, 7) is 2.27. The summed E-state index contributed by atoms with van der Waals surface area (Å²) in [5, 5.41) is 3.88. The Labute approximate surface area is 148 Å². The molecule has 0 unspecified atom stereocenters. The molecule has 1 heterocycles. The number of hydrogen-bond acceptors (Lipinski definition) is 2. The Balaban J connectivity index is 1.77. The van der Waals surface area contributed by atoms with Crippen molar-refractivity contribution in [2.24, 2.45) is 0 Å². The summed E-state index contributed by atoms with van der Waals surface area (Å²) in [4.78, 5) is 24.4. The molecule has 5 heteroatoms. The minimum atomic E-state index is -0.117. The van der Waals surface area contributed by atoms with Gasteiger partial charge in [0.15, 0.2) is 0 Å². The van der Waals surface area contributed by atoms with Gasteiger partial charge in [-0.2, -0.15) is 0 Å². The van der Waals surface area contributed by atoms with Crippen LogP contribution < -0.4 is 10.9 Å². The molecule has 4 nitrogen and oxygen atoms in total. The van der Waals surface area contributed by atoms with Crippen molar-refractivity contribution in [1.29, 1.82) is 0 Å². The second kappa shape index (κ2) is 7.01. The molecule has 0 fully saturated rings. The average Bonchev–Trinajstić information content (AvgIpc) is 2.57. The van der Waals surface area contributed by atoms with Crippen LogP contribution >= 0.6 is 15.9 Å². The quantitative estimate of drug-likeness (QED) is 0.735. The lowest BCUT2D eigenvalue weighted by molar-refractivity contribution is -0.116. The van der Waals surface area contributed by atoms with Crippen molar-refractivity contribution in [2.45, 2.75) is 19.9 Å². The highest BCUT2D eigenvalue weighted by Gasteiger charge is 2.08. The molecule has 0 saturated carbocycles. The Kier molecular flexibility index (Phi) is 4.81. The lowest BCUT2D eigenvalue weighted by Crippen LogP contribution is -2.23. The number of hydrogen-bond donors (Lipinski definition) is 1. The van der Waals surface area contributed by atoms with E-state index >= 15 is 0 Å². The number of anilines is 1. The number of rotatable bonds is 4. The van der Waals surface area contributed by atoms with E-state index in [-0.39, 0.29) is 17.9 Å². The standard InChI is InChI=1S/C19H17BrN2O2/c1-13-12-19(24)22(17-5-3-2-4-16(13)17)11-10-18(23)21-15-8-6-14(20)7-9-15/h2-9,12H,10-11H2,1H3,(H,21,23). The van der Waals surface area contributed by atoms with E-state index in [0.29, 0.717) is 6.54 Å². The first-order chi connectivity index (χ1) is 11.5. The Bertz CT molecular complexity index is 946. The minimum absolute atomic E-state index is 0.0809. The second-order valence-corrected chi connectivity index (χ2v) is 6.56. The second-order valence-electron chi connectivity index (χ2n) is 5.64. The van der Waals surface area contributed by atoms with Crippen LogP contribution in [0.3, 0.4) is 0 Å². The topological polar surface area (TPSA) is 51.1 Å². The van der Waals surface area contributed by atoms with Gasteiger partial charge in [0.05, 0.1) is 5.52 Å². The molecule has 1 aromatic heterocycles. The van der Waals surface area contributed by atoms with E-state index < -0.39 is 0 Å². The van der Waals surface area contributed by atoms with Crippen LogP contribution in [0, 0.1) is 6.92 Å². The Morgan fingerprint density at radius 2 is 1.83 bits per heavy atom. The van der Waals surface area contributed by atoms with Gasteiger partial charge in [0.1, 0.15) is 0 Å². The van der Waals surface area contributed by atoms with E-state index in [1.807, 2.05) is 55.5 Å². The molecular weight excluding hydrogens is 368 g/mol. The molecule has 0 saturated heterocycles. The van der Waals surface area contributed by atoms with Crippen molar-refractivity contribution in [2.75, 3.05) is 5.32 Å². The fraction of sp³-hybridized carbons (Fsp3) is 0.158. The van der Waals surface area contributed by atoms with Gasteiger partial charge in [0.25, 0.3) is 5.56 Å². The number of amides is 1. The molecule has 122 valence electrons. The molecular formula is C19H17BrN2O2. The van der Waals surface area contributed by atoms with E-state index in [4.69, 9.17) is 0 Å². The molecule has 0 radical (unpaired) electrons. The van der Waals surface area contributed by atoms with Crippen molar-refractivity contribution >= 4 is 38.4 Å². The van der Waals surface area contributed by atoms with Gasteiger partial charge < -0.3 is 9.88 Å². The third-order valence-corrected chi connectivity index (χ3v) is 4.44. The number of nitrogens with zero attached hydrogens (tertiary/aromatic N) is 1. The van der Waals surface area contributed by atoms with Gasteiger partial charge in [-0.25, -0.2) is 0 Å². The van der Waals surface area contributed by atoms with Crippen LogP contribution in [0.1, 0.15) is 12.0 Å². The first kappa shape index (κ1) is 16.5. The molecule has 0 aliphatic carbocycles. The van der Waals surface area contributed by atoms with Crippen molar-refractivity contribution in [3.05, 3.63) is 75.0 Å². The van der Waals surface area contributed by atoms with Gasteiger partial charge in [0, 0.05) is 34.6 Å². The van der Waals surface area contributed by atoms with Crippen LogP contribution in [0.25, 0.3) is 10.9 Å². The molecule has 0 aliphatic heterocycles. The minimum Gasteiger partial charge on any atom is -0.326 e. The molecule has 0 bridgehead atoms. The van der Waals surface area contributed by atoms with Crippen molar-refractivity contribution in [3.8, 4) is 0 Å². The molecule has 1 N–H and O–H groups in total. The molecule has 2 aromatic carbocycles. The fourth-order valence-corrected chi connectivity index (χ4v) is 2.97. The number of halogens is 1. The first-order valence-electron chi connectivity index (χ1n) is 7.69. The smallest absolute Gasteiger partial charge is 0.251 e. The van der Waals surface area contributed by atoms with Crippen LogP contribution in [0.2, 0.25) is 0 Å². The number of fused-ring (bicyclic) bond motifs is 1. The molecule has 1 amide bonds. The Morgan fingerprint density at radius 3 is 2.58 bits per heavy atom. The largest absolute Gasteiger partial charge is 0.326 e. The SMILES string of the molecule is Cc1cc(=O)n(CCC(=O)Nc2ccc(Br)cc2)c2ccccc12. The number of nitrogens with one attached hydrogen (secondary N) is 1. The van der Waals surface area contributed by atoms with Gasteiger partial charge in [-0.15, -0.1) is 0 Å². The normalized spacial score (nSPS) is 10.8. The maximum absolute atomic E-state index is 12.3. The number of carbonyl (C=O) groups excluding carboxylic acids is 1. The Hall–Kier alpha value is -2.40. The van der Waals surface area contributed by atoms with Crippen molar-refractivity contribution < 1.29 is 4.79 Å². The van der Waals surface area contributed by atoms with Crippen LogP contribution in [-0.2, 0) is 11.3 Å². The third kappa shape index (κ3) is 3.57. The van der Waals surface area contributed by atoms with Crippen molar-refractivity contribution in [1.82, 2.24) is 4.57 Å². The molecule has 0 atom stereocenters. The molecule has 0 aliphatic rings. The number of aryl methyl sites for hydroxylation is 2. The monoisotopic (exact) mass is 384 g/mol. The van der Waals surface area contributed by atoms with Crippen LogP contribution in [0.15, 0.2) is 63.9 Å². The molecule has 3 rings (SSSR count). The van der Waals surface area contributed by atoms with Gasteiger partial charge in [-0.1, -0.05) is 34.1 Å². The summed E-state index contributed by atoms with van der Waals surface area (Å²) >= 11 is 3.36. The van der Waals surface area contributed by atoms with Crippen LogP contribution in [0.4, 0.5) is 5.69 Å². The number of para-hydroxylation sites is 1. The zero-order chi connectivity index (χ0) is 17.1. The first-order valence-corrected chi connectivity index (χ1v) is 8.48. The number of aromatic nitrogens is 1. The number of pyridine rings is 1. The molecule has 0 spiro atoms. The third-order valence-electron chi connectivity index (χ3n) is 3.92. The van der Waals surface area contributed by atoms with Crippen molar-refractivity contribution in [3.63, 3.8) is 0 Å². The predicted molar refractivity (Wildman–Crippen MR) is 100 cm³/mol. The van der Waals surface area contributed by atoms with Crippen LogP contribution in [-0.4, -0.2) is 10.5 Å². The fourth-order valence-electron chi connectivity index (χ4n) is 2.70. The maximum atomic E-state index is 12.3. The van der Waals surface area contributed by atoms with E-state index in [1.165, 1.54) is 0 Å². The highest BCUT2D eigenvalue weighted by atomic mass is 79.9. The van der Waals surface area contributed by atoms with E-state index in [0.717, 1.165) is 26.6 Å². The average molecular weight is 385 g/mol. The zero-order valence-corrected chi connectivity index (χ0v) is 14.8. The highest BCUT2D eigenvalue weighted by Crippen LogP contribution is 2.17. The van der Waals surface area contributed by atoms with Gasteiger partial charge in [0.2, 0.25) is 5.91 Å². The van der Waals surface area contributed by atoms with Gasteiger partial charge in [-0.05, 0) is 42.8 Å². The Morgan fingerprint density at radius 1 is 1.12 bits per heavy atom. The van der Waals surface area contributed by atoms with Gasteiger partial charge >= 0.3 is 0 Å². The highest BCUT2D eigenvalue weighted by molar-refractivity contribution is 9.10. The maximum Gasteiger partial charge on any atom is 0.251 e. The summed E-state index contributed by atoms with van der Waals surface area (Å²) < 4.78 is 2.61. The van der Waals surface area contributed by atoms with E-state index in [1.54, 1.807) is 10.6 Å². The lowest BCUT2D eigenvalue weighted by atomic mass is 10.1. The number of carbonyl (C=O) groups is 1. The summed E-state index contributed by atoms with van der Waals surface area (Å²) in [6.07, 6.45) is 0.239. The summed E-state index contributed by atoms with van der Waals surface area (Å²) in [7, 11) is 0. The summed E-state index contributed by atoms with van der Waals surface area (Å²) in [6, 6.07) is 16.8.